The van der Waals surface area contributed by atoms with Gasteiger partial charge in [0.2, 0.25) is 17.5 Å². The number of hydrogen-bond acceptors (Lipinski definition) is 3. The standard InChI is InChI=1S/C18H24N4.ClH/c1-14-20-18(13-17(19-2)21(14)3)22-11-9-16(10-12-22)15-7-5-4-6-8-15;/h4-8,13,16H,9-12H2,1-3H3;1H. The summed E-state index contributed by atoms with van der Waals surface area (Å²) in [4.78, 5) is 7.16. The summed E-state index contributed by atoms with van der Waals surface area (Å²) in [7, 11) is 4.00. The number of rotatable bonds is 3. The van der Waals surface area contributed by atoms with E-state index in [0.29, 0.717) is 5.92 Å². The minimum absolute atomic E-state index is 0. The predicted octanol–water partition coefficient (Wildman–Crippen LogP) is -0.356. The molecule has 1 aliphatic heterocycles. The van der Waals surface area contributed by atoms with Crippen LogP contribution in [0.5, 0.6) is 0 Å². The Balaban J connectivity index is 0.00000192. The Kier molecular flexibility index (Phi) is 5.83. The topological polar surface area (TPSA) is 32.0 Å². The molecule has 0 atom stereocenters. The van der Waals surface area contributed by atoms with Gasteiger partial charge >= 0.3 is 0 Å². The van der Waals surface area contributed by atoms with Crippen molar-refractivity contribution in [1.29, 1.82) is 0 Å². The van der Waals surface area contributed by atoms with Crippen LogP contribution in [0.4, 0.5) is 11.6 Å². The molecule has 1 aromatic heterocycles. The molecule has 0 bridgehead atoms. The SMILES string of the molecule is CNc1cc(N2CCC(c3ccccc3)CC2)nc(C)[n+]1C.[Cl-]. The largest absolute Gasteiger partial charge is 1.00 e. The average Bonchev–Trinajstić information content (AvgIpc) is 2.58. The van der Waals surface area contributed by atoms with Gasteiger partial charge in [0.05, 0.1) is 13.1 Å². The van der Waals surface area contributed by atoms with E-state index in [-0.39, 0.29) is 12.4 Å². The molecule has 0 spiro atoms. The highest BCUT2D eigenvalue weighted by Gasteiger charge is 2.24. The molecule has 0 amide bonds. The summed E-state index contributed by atoms with van der Waals surface area (Å²) in [5, 5.41) is 3.25. The zero-order valence-corrected chi connectivity index (χ0v) is 14.8. The van der Waals surface area contributed by atoms with E-state index in [1.54, 1.807) is 0 Å². The third kappa shape index (κ3) is 3.75. The third-order valence-corrected chi connectivity index (χ3v) is 4.74. The van der Waals surface area contributed by atoms with Crippen molar-refractivity contribution in [3.63, 3.8) is 0 Å². The molecule has 124 valence electrons. The lowest BCUT2D eigenvalue weighted by atomic mass is 9.89. The number of halogens is 1. The molecular weight excluding hydrogens is 308 g/mol. The van der Waals surface area contributed by atoms with E-state index in [4.69, 9.17) is 4.98 Å². The van der Waals surface area contributed by atoms with Crippen LogP contribution in [-0.2, 0) is 7.05 Å². The molecular formula is C18H25ClN4. The van der Waals surface area contributed by atoms with Crippen molar-refractivity contribution >= 4 is 11.6 Å². The molecule has 1 fully saturated rings. The van der Waals surface area contributed by atoms with Gasteiger partial charge < -0.3 is 22.6 Å². The van der Waals surface area contributed by atoms with Crippen molar-refractivity contribution < 1.29 is 17.0 Å². The Labute approximate surface area is 145 Å². The number of nitrogens with zero attached hydrogens (tertiary/aromatic N) is 3. The second-order valence-corrected chi connectivity index (χ2v) is 6.03. The number of aromatic nitrogens is 2. The highest BCUT2D eigenvalue weighted by molar-refractivity contribution is 5.46. The van der Waals surface area contributed by atoms with Crippen molar-refractivity contribution in [3.05, 3.63) is 47.8 Å². The zero-order chi connectivity index (χ0) is 15.5. The summed E-state index contributed by atoms with van der Waals surface area (Å²) in [6.07, 6.45) is 2.39. The molecule has 1 aliphatic rings. The van der Waals surface area contributed by atoms with E-state index >= 15 is 0 Å². The van der Waals surface area contributed by atoms with Gasteiger partial charge in [-0.15, -0.1) is 0 Å². The van der Waals surface area contributed by atoms with Gasteiger partial charge in [0.15, 0.2) is 0 Å². The monoisotopic (exact) mass is 332 g/mol. The number of piperidine rings is 1. The van der Waals surface area contributed by atoms with Gasteiger partial charge in [-0.05, 0) is 24.3 Å². The summed E-state index contributed by atoms with van der Waals surface area (Å²) in [6, 6.07) is 13.0. The molecule has 1 aromatic carbocycles. The first-order valence-corrected chi connectivity index (χ1v) is 8.04. The van der Waals surface area contributed by atoms with Gasteiger partial charge in [-0.3, -0.25) is 0 Å². The van der Waals surface area contributed by atoms with E-state index in [1.807, 2.05) is 14.1 Å². The lowest BCUT2D eigenvalue weighted by molar-refractivity contribution is -0.666. The normalized spacial score (nSPS) is 15.2. The summed E-state index contributed by atoms with van der Waals surface area (Å²) in [5.41, 5.74) is 1.47. The van der Waals surface area contributed by atoms with Gasteiger partial charge in [0.1, 0.15) is 0 Å². The lowest BCUT2D eigenvalue weighted by Gasteiger charge is -2.32. The highest BCUT2D eigenvalue weighted by Crippen LogP contribution is 2.29. The number of benzene rings is 1. The summed E-state index contributed by atoms with van der Waals surface area (Å²) >= 11 is 0. The van der Waals surface area contributed by atoms with Crippen molar-refractivity contribution in [1.82, 2.24) is 4.98 Å². The van der Waals surface area contributed by atoms with Crippen LogP contribution in [0, 0.1) is 6.92 Å². The van der Waals surface area contributed by atoms with Crippen LogP contribution in [0.3, 0.4) is 0 Å². The lowest BCUT2D eigenvalue weighted by Crippen LogP contribution is -3.00. The van der Waals surface area contributed by atoms with Crippen molar-refractivity contribution in [2.24, 2.45) is 7.05 Å². The van der Waals surface area contributed by atoms with E-state index < -0.39 is 0 Å². The van der Waals surface area contributed by atoms with Gasteiger partial charge in [-0.2, -0.15) is 0 Å². The molecule has 0 saturated carbocycles. The van der Waals surface area contributed by atoms with Crippen molar-refractivity contribution in [2.45, 2.75) is 25.7 Å². The Morgan fingerprint density at radius 2 is 1.83 bits per heavy atom. The van der Waals surface area contributed by atoms with E-state index in [2.05, 4.69) is 58.1 Å². The van der Waals surface area contributed by atoms with Crippen LogP contribution in [-0.4, -0.2) is 25.1 Å². The maximum Gasteiger partial charge on any atom is 0.237 e. The first-order chi connectivity index (χ1) is 10.7. The first kappa shape index (κ1) is 17.5. The number of aryl methyl sites for hydroxylation is 1. The average molecular weight is 333 g/mol. The fourth-order valence-electron chi connectivity index (χ4n) is 3.24. The molecule has 3 rings (SSSR count). The number of nitrogens with one attached hydrogen (secondary N) is 1. The second-order valence-electron chi connectivity index (χ2n) is 6.03. The van der Waals surface area contributed by atoms with Crippen molar-refractivity contribution in [3.8, 4) is 0 Å². The Morgan fingerprint density at radius 3 is 2.43 bits per heavy atom. The van der Waals surface area contributed by atoms with Crippen LogP contribution in [0.15, 0.2) is 36.4 Å². The minimum atomic E-state index is 0. The Bertz CT molecular complexity index is 637. The van der Waals surface area contributed by atoms with Gasteiger partial charge in [0.25, 0.3) is 0 Å². The molecule has 0 unspecified atom stereocenters. The molecule has 4 nitrogen and oxygen atoms in total. The number of hydrogen-bond donors (Lipinski definition) is 1. The molecule has 2 heterocycles. The maximum absolute atomic E-state index is 4.75. The fraction of sp³-hybridized carbons (Fsp3) is 0.444. The van der Waals surface area contributed by atoms with Gasteiger partial charge in [-0.25, -0.2) is 4.57 Å². The summed E-state index contributed by atoms with van der Waals surface area (Å²) in [6.45, 7) is 4.20. The molecule has 2 aromatic rings. The van der Waals surface area contributed by atoms with Crippen LogP contribution >= 0.6 is 0 Å². The fourth-order valence-corrected chi connectivity index (χ4v) is 3.24. The predicted molar refractivity (Wildman–Crippen MR) is 90.3 cm³/mol. The Hall–Kier alpha value is -1.81. The Morgan fingerprint density at radius 1 is 1.17 bits per heavy atom. The minimum Gasteiger partial charge on any atom is -1.00 e. The molecule has 0 radical (unpaired) electrons. The third-order valence-electron chi connectivity index (χ3n) is 4.74. The van der Waals surface area contributed by atoms with Crippen molar-refractivity contribution in [2.75, 3.05) is 30.4 Å². The molecule has 1 N–H and O–H groups in total. The highest BCUT2D eigenvalue weighted by atomic mass is 35.5. The maximum atomic E-state index is 4.75. The van der Waals surface area contributed by atoms with Gasteiger partial charge in [0, 0.05) is 27.1 Å². The molecule has 23 heavy (non-hydrogen) atoms. The summed E-state index contributed by atoms with van der Waals surface area (Å²) in [5.74, 6) is 3.91. The smallest absolute Gasteiger partial charge is 0.237 e. The summed E-state index contributed by atoms with van der Waals surface area (Å²) < 4.78 is 2.08. The molecule has 0 aliphatic carbocycles. The van der Waals surface area contributed by atoms with Crippen LogP contribution in [0.25, 0.3) is 0 Å². The first-order valence-electron chi connectivity index (χ1n) is 8.04. The van der Waals surface area contributed by atoms with E-state index in [9.17, 15) is 0 Å². The van der Waals surface area contributed by atoms with Gasteiger partial charge in [-0.1, -0.05) is 35.3 Å². The van der Waals surface area contributed by atoms with Crippen LogP contribution in [0.2, 0.25) is 0 Å². The molecule has 5 heteroatoms. The number of anilines is 2. The van der Waals surface area contributed by atoms with E-state index in [0.717, 1.165) is 30.5 Å². The molecule has 1 saturated heterocycles. The zero-order valence-electron chi connectivity index (χ0n) is 14.1. The van der Waals surface area contributed by atoms with Crippen LogP contribution in [0.1, 0.15) is 30.1 Å². The van der Waals surface area contributed by atoms with Crippen LogP contribution < -0.4 is 27.2 Å². The second kappa shape index (κ2) is 7.64. The quantitative estimate of drug-likeness (QED) is 0.779. The van der Waals surface area contributed by atoms with E-state index in [1.165, 1.54) is 18.4 Å².